The van der Waals surface area contributed by atoms with Gasteiger partial charge in [0.2, 0.25) is 0 Å². The van der Waals surface area contributed by atoms with E-state index in [2.05, 4.69) is 14.9 Å². The van der Waals surface area contributed by atoms with Crippen LogP contribution in [0.1, 0.15) is 43.0 Å². The quantitative estimate of drug-likeness (QED) is 0.275. The molecule has 21 heavy (non-hydrogen) atoms. The van der Waals surface area contributed by atoms with Crippen LogP contribution in [0.25, 0.3) is 10.4 Å². The second kappa shape index (κ2) is 8.44. The summed E-state index contributed by atoms with van der Waals surface area (Å²) in [4.78, 5) is 30.2. The molecule has 1 rings (SSSR count). The number of rotatable bonds is 6. The lowest BCUT2D eigenvalue weighted by molar-refractivity contribution is -0.149. The van der Waals surface area contributed by atoms with Crippen molar-refractivity contribution in [3.05, 3.63) is 34.2 Å². The van der Waals surface area contributed by atoms with Gasteiger partial charge in [0.15, 0.2) is 0 Å². The molecular weight excluding hydrogens is 276 g/mol. The maximum absolute atomic E-state index is 11.7. The molecule has 0 aromatic heterocycles. The van der Waals surface area contributed by atoms with Crippen molar-refractivity contribution in [1.29, 1.82) is 0 Å². The van der Waals surface area contributed by atoms with Gasteiger partial charge in [-0.3, -0.25) is 4.79 Å². The smallest absolute Gasteiger partial charge is 0.332 e. The minimum Gasteiger partial charge on any atom is -0.507 e. The number of azide groups is 1. The van der Waals surface area contributed by atoms with Gasteiger partial charge in [-0.1, -0.05) is 30.9 Å². The Morgan fingerprint density at radius 2 is 2.19 bits per heavy atom. The molecule has 8 heteroatoms. The summed E-state index contributed by atoms with van der Waals surface area (Å²) in [5, 5.41) is 12.9. The summed E-state index contributed by atoms with van der Waals surface area (Å²) in [7, 11) is 0. The average Bonchev–Trinajstić information content (AvgIpc) is 2.45. The highest BCUT2D eigenvalue weighted by molar-refractivity contribution is 5.97. The Balaban J connectivity index is 2.56. The van der Waals surface area contributed by atoms with Crippen LogP contribution in [-0.2, 0) is 9.63 Å². The molecule has 0 fully saturated rings. The minimum absolute atomic E-state index is 0.0896. The molecule has 1 aromatic carbocycles. The molecule has 8 nitrogen and oxygen atoms in total. The predicted molar refractivity (Wildman–Crippen MR) is 74.6 cm³/mol. The second-order valence-electron chi connectivity index (χ2n) is 4.25. The maximum Gasteiger partial charge on any atom is 0.332 e. The SMILES string of the molecule is CCCCCC(=O)ONC(=O)c1ccc(N=[N+]=[N-])cc1O. The van der Waals surface area contributed by atoms with E-state index in [0.29, 0.717) is 6.42 Å². The molecular formula is C13H16N4O4. The third-order valence-corrected chi connectivity index (χ3v) is 2.63. The maximum atomic E-state index is 11.7. The van der Waals surface area contributed by atoms with Gasteiger partial charge in [0.1, 0.15) is 5.75 Å². The van der Waals surface area contributed by atoms with Crippen molar-refractivity contribution in [2.24, 2.45) is 5.11 Å². The van der Waals surface area contributed by atoms with Crippen LogP contribution in [0.3, 0.4) is 0 Å². The summed E-state index contributed by atoms with van der Waals surface area (Å²) in [6.45, 7) is 2.01. The fraction of sp³-hybridized carbons (Fsp3) is 0.385. The number of hydrogen-bond donors (Lipinski definition) is 2. The number of phenolic OH excluding ortho intramolecular Hbond substituents is 1. The van der Waals surface area contributed by atoms with Gasteiger partial charge in [-0.15, -0.1) is 0 Å². The Morgan fingerprint density at radius 3 is 2.81 bits per heavy atom. The molecule has 112 valence electrons. The van der Waals surface area contributed by atoms with E-state index in [1.165, 1.54) is 12.1 Å². The fourth-order valence-electron chi connectivity index (χ4n) is 1.55. The molecule has 0 aliphatic heterocycles. The zero-order valence-electron chi connectivity index (χ0n) is 11.6. The normalized spacial score (nSPS) is 9.57. The third kappa shape index (κ3) is 5.42. The molecule has 0 aliphatic carbocycles. The summed E-state index contributed by atoms with van der Waals surface area (Å²) in [6.07, 6.45) is 2.79. The molecule has 0 aliphatic rings. The molecule has 0 unspecified atom stereocenters. The fourth-order valence-corrected chi connectivity index (χ4v) is 1.55. The number of hydrogen-bond acceptors (Lipinski definition) is 5. The van der Waals surface area contributed by atoms with Crippen molar-refractivity contribution in [2.75, 3.05) is 0 Å². The lowest BCUT2D eigenvalue weighted by atomic mass is 10.2. The third-order valence-electron chi connectivity index (χ3n) is 2.63. The number of amides is 1. The van der Waals surface area contributed by atoms with Crippen molar-refractivity contribution in [2.45, 2.75) is 32.6 Å². The first-order chi connectivity index (χ1) is 10.1. The highest BCUT2D eigenvalue weighted by Gasteiger charge is 2.13. The van der Waals surface area contributed by atoms with Gasteiger partial charge in [0, 0.05) is 17.0 Å². The van der Waals surface area contributed by atoms with Crippen LogP contribution in [0.4, 0.5) is 5.69 Å². The molecule has 0 spiro atoms. The number of hydroxylamine groups is 1. The van der Waals surface area contributed by atoms with E-state index < -0.39 is 11.9 Å². The number of benzene rings is 1. The van der Waals surface area contributed by atoms with Crippen LogP contribution >= 0.6 is 0 Å². The first kappa shape index (κ1) is 16.3. The van der Waals surface area contributed by atoms with Crippen LogP contribution in [-0.4, -0.2) is 17.0 Å². The van der Waals surface area contributed by atoms with Crippen LogP contribution in [0.2, 0.25) is 0 Å². The molecule has 0 atom stereocenters. The molecule has 0 saturated carbocycles. The first-order valence-corrected chi connectivity index (χ1v) is 6.46. The number of carbonyl (C=O) groups excluding carboxylic acids is 2. The minimum atomic E-state index is -0.760. The van der Waals surface area contributed by atoms with Crippen molar-refractivity contribution in [3.8, 4) is 5.75 Å². The van der Waals surface area contributed by atoms with Crippen LogP contribution in [0, 0.1) is 0 Å². The highest BCUT2D eigenvalue weighted by atomic mass is 16.7. The van der Waals surface area contributed by atoms with Crippen molar-refractivity contribution in [1.82, 2.24) is 5.48 Å². The molecule has 0 radical (unpaired) electrons. The lowest BCUT2D eigenvalue weighted by Gasteiger charge is -2.07. The van der Waals surface area contributed by atoms with Crippen LogP contribution in [0.15, 0.2) is 23.3 Å². The summed E-state index contributed by atoms with van der Waals surface area (Å²) in [5.74, 6) is -1.68. The first-order valence-electron chi connectivity index (χ1n) is 6.46. The standard InChI is InChI=1S/C13H16N4O4/c1-2-3-4-5-12(19)21-16-13(20)10-7-6-9(15-17-14)8-11(10)18/h6-8,18H,2-5H2,1H3,(H,16,20). The van der Waals surface area contributed by atoms with E-state index in [4.69, 9.17) is 5.53 Å². The zero-order chi connectivity index (χ0) is 15.7. The second-order valence-corrected chi connectivity index (χ2v) is 4.25. The molecule has 1 amide bonds. The monoisotopic (exact) mass is 292 g/mol. The van der Waals surface area contributed by atoms with Gasteiger partial charge in [0.05, 0.1) is 5.56 Å². The van der Waals surface area contributed by atoms with Crippen molar-refractivity contribution >= 4 is 17.6 Å². The molecule has 2 N–H and O–H groups in total. The number of unbranched alkanes of at least 4 members (excludes halogenated alkanes) is 2. The van der Waals surface area contributed by atoms with Gasteiger partial charge in [0.25, 0.3) is 5.91 Å². The number of aromatic hydroxyl groups is 1. The summed E-state index contributed by atoms with van der Waals surface area (Å²) < 4.78 is 0. The Labute approximate surface area is 121 Å². The number of carbonyl (C=O) groups is 2. The Bertz CT molecular complexity index is 567. The molecule has 0 bridgehead atoms. The average molecular weight is 292 g/mol. The van der Waals surface area contributed by atoms with Crippen LogP contribution in [0.5, 0.6) is 5.75 Å². The summed E-state index contributed by atoms with van der Waals surface area (Å²) in [6, 6.07) is 3.76. The topological polar surface area (TPSA) is 124 Å². The van der Waals surface area contributed by atoms with Crippen LogP contribution < -0.4 is 5.48 Å². The van der Waals surface area contributed by atoms with E-state index in [-0.39, 0.29) is 23.4 Å². The van der Waals surface area contributed by atoms with E-state index in [1.807, 2.05) is 12.4 Å². The largest absolute Gasteiger partial charge is 0.507 e. The van der Waals surface area contributed by atoms with E-state index >= 15 is 0 Å². The number of phenols is 1. The van der Waals surface area contributed by atoms with E-state index in [0.717, 1.165) is 18.9 Å². The Kier molecular flexibility index (Phi) is 6.56. The predicted octanol–water partition coefficient (Wildman–Crippen LogP) is 3.10. The van der Waals surface area contributed by atoms with Gasteiger partial charge in [-0.2, -0.15) is 5.48 Å². The Hall–Kier alpha value is -2.73. The van der Waals surface area contributed by atoms with Gasteiger partial charge in [-0.05, 0) is 24.1 Å². The van der Waals surface area contributed by atoms with E-state index in [1.54, 1.807) is 0 Å². The number of nitrogens with zero attached hydrogens (tertiary/aromatic N) is 3. The molecule has 1 aromatic rings. The van der Waals surface area contributed by atoms with Gasteiger partial charge >= 0.3 is 5.97 Å². The molecule has 0 saturated heterocycles. The summed E-state index contributed by atoms with van der Waals surface area (Å²) >= 11 is 0. The molecule has 0 heterocycles. The Morgan fingerprint density at radius 1 is 1.43 bits per heavy atom. The van der Waals surface area contributed by atoms with Gasteiger partial charge < -0.3 is 9.94 Å². The lowest BCUT2D eigenvalue weighted by Crippen LogP contribution is -2.27. The zero-order valence-corrected chi connectivity index (χ0v) is 11.6. The van der Waals surface area contributed by atoms with Crippen molar-refractivity contribution in [3.63, 3.8) is 0 Å². The van der Waals surface area contributed by atoms with E-state index in [9.17, 15) is 14.7 Å². The highest BCUT2D eigenvalue weighted by Crippen LogP contribution is 2.23. The van der Waals surface area contributed by atoms with Gasteiger partial charge in [-0.25, -0.2) is 4.79 Å². The summed E-state index contributed by atoms with van der Waals surface area (Å²) in [5.41, 5.74) is 10.3. The van der Waals surface area contributed by atoms with Crippen molar-refractivity contribution < 1.29 is 19.5 Å². The number of nitrogens with one attached hydrogen (secondary N) is 1.